The maximum absolute atomic E-state index is 12.7. The summed E-state index contributed by atoms with van der Waals surface area (Å²) in [4.78, 5) is 16.1. The summed E-state index contributed by atoms with van der Waals surface area (Å²) >= 11 is 1.40. The average Bonchev–Trinajstić information content (AvgIpc) is 3.22. The first-order valence-electron chi connectivity index (χ1n) is 8.05. The first-order chi connectivity index (χ1) is 11.9. The molecule has 1 aromatic carbocycles. The number of carbonyl (C=O) groups excluding carboxylic acids is 1. The predicted octanol–water partition coefficient (Wildman–Crippen LogP) is 4.25. The van der Waals surface area contributed by atoms with Crippen molar-refractivity contribution in [3.63, 3.8) is 0 Å². The van der Waals surface area contributed by atoms with E-state index < -0.39 is 6.61 Å². The third-order valence-corrected chi connectivity index (χ3v) is 5.64. The molecule has 1 amide bonds. The first kappa shape index (κ1) is 20.6. The Bertz CT molecular complexity index is 754. The summed E-state index contributed by atoms with van der Waals surface area (Å²) in [7, 11) is 0. The Morgan fingerprint density at radius 1 is 1.31 bits per heavy atom. The third kappa shape index (κ3) is 4.52. The van der Waals surface area contributed by atoms with Crippen LogP contribution in [0.2, 0.25) is 0 Å². The molecule has 1 aliphatic heterocycles. The van der Waals surface area contributed by atoms with Gasteiger partial charge in [-0.3, -0.25) is 4.79 Å². The van der Waals surface area contributed by atoms with Gasteiger partial charge in [-0.25, -0.2) is 0 Å². The highest BCUT2D eigenvalue weighted by molar-refractivity contribution is 7.17. The van der Waals surface area contributed by atoms with Crippen LogP contribution < -0.4 is 10.5 Å². The van der Waals surface area contributed by atoms with Crippen LogP contribution in [0.4, 0.5) is 8.78 Å². The maximum atomic E-state index is 12.7. The van der Waals surface area contributed by atoms with E-state index in [0.29, 0.717) is 18.0 Å². The molecule has 26 heavy (non-hydrogen) atoms. The number of ether oxygens (including phenoxy) is 1. The Labute approximate surface area is 161 Å². The number of likely N-dealkylation sites (tertiary alicyclic amines) is 1. The summed E-state index contributed by atoms with van der Waals surface area (Å²) < 4.78 is 28.7. The van der Waals surface area contributed by atoms with Crippen LogP contribution in [0.15, 0.2) is 36.4 Å². The number of hydrogen-bond donors (Lipinski definition) is 1. The Kier molecular flexibility index (Phi) is 6.60. The number of hydrogen-bond acceptors (Lipinski definition) is 4. The Morgan fingerprint density at radius 3 is 2.58 bits per heavy atom. The smallest absolute Gasteiger partial charge is 0.387 e. The molecule has 1 unspecified atom stereocenters. The van der Waals surface area contributed by atoms with Crippen molar-refractivity contribution in [2.75, 3.05) is 19.6 Å². The van der Waals surface area contributed by atoms with Crippen molar-refractivity contribution in [1.29, 1.82) is 0 Å². The Morgan fingerprint density at radius 2 is 2.00 bits per heavy atom. The minimum atomic E-state index is -2.84. The van der Waals surface area contributed by atoms with Crippen molar-refractivity contribution in [2.45, 2.75) is 20.0 Å². The molecule has 1 aromatic heterocycles. The van der Waals surface area contributed by atoms with E-state index in [1.807, 2.05) is 17.0 Å². The molecule has 8 heteroatoms. The van der Waals surface area contributed by atoms with Crippen LogP contribution in [-0.2, 0) is 0 Å². The van der Waals surface area contributed by atoms with Gasteiger partial charge >= 0.3 is 6.61 Å². The zero-order valence-corrected chi connectivity index (χ0v) is 15.9. The van der Waals surface area contributed by atoms with Crippen molar-refractivity contribution >= 4 is 29.7 Å². The summed E-state index contributed by atoms with van der Waals surface area (Å²) in [6.07, 6.45) is 0.916. The molecule has 3 rings (SSSR count). The molecule has 2 heterocycles. The fourth-order valence-corrected chi connectivity index (χ4v) is 3.91. The molecule has 1 aliphatic rings. The minimum absolute atomic E-state index is 0. The van der Waals surface area contributed by atoms with Crippen LogP contribution >= 0.6 is 23.7 Å². The topological polar surface area (TPSA) is 55.6 Å². The molecular weight excluding hydrogens is 382 g/mol. The fourth-order valence-electron chi connectivity index (χ4n) is 2.93. The zero-order chi connectivity index (χ0) is 18.0. The molecule has 1 fully saturated rings. The van der Waals surface area contributed by atoms with Gasteiger partial charge in [0.1, 0.15) is 5.75 Å². The summed E-state index contributed by atoms with van der Waals surface area (Å²) in [5.41, 5.74) is 6.66. The van der Waals surface area contributed by atoms with Crippen molar-refractivity contribution in [3.8, 4) is 16.2 Å². The minimum Gasteiger partial charge on any atom is -0.435 e. The number of nitrogens with zero attached hydrogens (tertiary/aromatic N) is 1. The standard InChI is InChI=1S/C18H20F2N2O2S.ClH/c1-18(10-21)8-9-22(11-18)16(23)15-7-6-14(25-15)12-2-4-13(5-3-12)24-17(19)20;/h2-7,17H,8-11,21H2,1H3;1H. The van der Waals surface area contributed by atoms with Crippen molar-refractivity contribution in [2.24, 2.45) is 11.1 Å². The highest BCUT2D eigenvalue weighted by Gasteiger charge is 2.35. The average molecular weight is 403 g/mol. The monoisotopic (exact) mass is 402 g/mol. The lowest BCUT2D eigenvalue weighted by Gasteiger charge is -2.22. The first-order valence-corrected chi connectivity index (χ1v) is 8.86. The molecule has 1 atom stereocenters. The van der Waals surface area contributed by atoms with Gasteiger partial charge in [0.15, 0.2) is 0 Å². The van der Waals surface area contributed by atoms with Crippen LogP contribution in [0.3, 0.4) is 0 Å². The fraction of sp³-hybridized carbons (Fsp3) is 0.389. The molecule has 0 radical (unpaired) electrons. The lowest BCUT2D eigenvalue weighted by atomic mass is 9.90. The number of alkyl halides is 2. The number of nitrogens with two attached hydrogens (primary N) is 1. The largest absolute Gasteiger partial charge is 0.435 e. The summed E-state index contributed by atoms with van der Waals surface area (Å²) in [6, 6.07) is 10.1. The summed E-state index contributed by atoms with van der Waals surface area (Å²) in [5, 5.41) is 0. The highest BCUT2D eigenvalue weighted by Crippen LogP contribution is 2.33. The van der Waals surface area contributed by atoms with Gasteiger partial charge in [-0.2, -0.15) is 8.78 Å². The number of rotatable bonds is 5. The van der Waals surface area contributed by atoms with Gasteiger partial charge in [0.2, 0.25) is 0 Å². The Hall–Kier alpha value is -1.70. The molecule has 0 spiro atoms. The maximum Gasteiger partial charge on any atom is 0.387 e. The molecular formula is C18H21ClF2N2O2S. The quantitative estimate of drug-likeness (QED) is 0.813. The van der Waals surface area contributed by atoms with E-state index in [1.165, 1.54) is 23.5 Å². The van der Waals surface area contributed by atoms with Gasteiger partial charge in [0.05, 0.1) is 4.88 Å². The number of benzene rings is 1. The molecule has 2 N–H and O–H groups in total. The second kappa shape index (κ2) is 8.33. The predicted molar refractivity (Wildman–Crippen MR) is 101 cm³/mol. The third-order valence-electron chi connectivity index (χ3n) is 4.52. The van der Waals surface area contributed by atoms with Gasteiger partial charge in [0, 0.05) is 18.0 Å². The molecule has 0 aliphatic carbocycles. The number of thiophene rings is 1. The van der Waals surface area contributed by atoms with Crippen LogP contribution in [0.5, 0.6) is 5.75 Å². The van der Waals surface area contributed by atoms with Crippen LogP contribution in [0.1, 0.15) is 23.0 Å². The summed E-state index contributed by atoms with van der Waals surface area (Å²) in [5.74, 6) is 0.135. The van der Waals surface area contributed by atoms with Gasteiger partial charge in [-0.15, -0.1) is 23.7 Å². The second-order valence-electron chi connectivity index (χ2n) is 6.56. The van der Waals surface area contributed by atoms with E-state index in [0.717, 1.165) is 23.4 Å². The van der Waals surface area contributed by atoms with Gasteiger partial charge < -0.3 is 15.4 Å². The molecule has 0 saturated carbocycles. The van der Waals surface area contributed by atoms with E-state index in [4.69, 9.17) is 5.73 Å². The molecule has 4 nitrogen and oxygen atoms in total. The number of halogens is 3. The van der Waals surface area contributed by atoms with Gasteiger partial charge in [0.25, 0.3) is 5.91 Å². The lowest BCUT2D eigenvalue weighted by Crippen LogP contribution is -2.34. The number of carbonyl (C=O) groups is 1. The molecule has 0 bridgehead atoms. The van der Waals surface area contributed by atoms with E-state index in [1.54, 1.807) is 12.1 Å². The lowest BCUT2D eigenvalue weighted by molar-refractivity contribution is -0.0498. The highest BCUT2D eigenvalue weighted by atomic mass is 35.5. The van der Waals surface area contributed by atoms with E-state index in [9.17, 15) is 13.6 Å². The van der Waals surface area contributed by atoms with E-state index >= 15 is 0 Å². The van der Waals surface area contributed by atoms with Gasteiger partial charge in [-0.1, -0.05) is 6.92 Å². The summed E-state index contributed by atoms with van der Waals surface area (Å²) in [6.45, 7) is 1.23. The van der Waals surface area contributed by atoms with Crippen LogP contribution in [-0.4, -0.2) is 37.1 Å². The molecule has 2 aromatic rings. The normalized spacial score (nSPS) is 19.5. The van der Waals surface area contributed by atoms with Crippen molar-refractivity contribution in [1.82, 2.24) is 4.90 Å². The van der Waals surface area contributed by atoms with Crippen LogP contribution in [0.25, 0.3) is 10.4 Å². The Balaban J connectivity index is 0.00000243. The van der Waals surface area contributed by atoms with Crippen LogP contribution in [0, 0.1) is 5.41 Å². The van der Waals surface area contributed by atoms with Crippen molar-refractivity contribution in [3.05, 3.63) is 41.3 Å². The van der Waals surface area contributed by atoms with E-state index in [2.05, 4.69) is 11.7 Å². The van der Waals surface area contributed by atoms with Gasteiger partial charge in [-0.05, 0) is 60.3 Å². The second-order valence-corrected chi connectivity index (χ2v) is 7.64. The molecule has 1 saturated heterocycles. The van der Waals surface area contributed by atoms with Crippen molar-refractivity contribution < 1.29 is 18.3 Å². The van der Waals surface area contributed by atoms with E-state index in [-0.39, 0.29) is 29.5 Å². The SMILES string of the molecule is CC1(CN)CCN(C(=O)c2ccc(-c3ccc(OC(F)F)cc3)s2)C1.Cl. The number of amides is 1. The molecule has 142 valence electrons. The zero-order valence-electron chi connectivity index (χ0n) is 14.3.